The van der Waals surface area contributed by atoms with E-state index >= 15 is 0 Å². The number of hydrogen-bond acceptors (Lipinski definition) is 11. The van der Waals surface area contributed by atoms with Gasteiger partial charge in [0, 0.05) is 96.6 Å². The van der Waals surface area contributed by atoms with Crippen LogP contribution in [0.5, 0.6) is 23.0 Å². The summed E-state index contributed by atoms with van der Waals surface area (Å²) in [5.41, 5.74) is 30.8. The molecule has 0 atom stereocenters. The van der Waals surface area contributed by atoms with E-state index in [2.05, 4.69) is 335 Å². The number of furan rings is 4. The van der Waals surface area contributed by atoms with Gasteiger partial charge in [-0.3, -0.25) is 0 Å². The van der Waals surface area contributed by atoms with Crippen molar-refractivity contribution in [3.63, 3.8) is 0 Å². The highest BCUT2D eigenvalue weighted by Gasteiger charge is 2.54. The number of ether oxygens (including phenoxy) is 2. The number of aryl methyl sites for hydroxylation is 1. The molecule has 13 heteroatoms. The van der Waals surface area contributed by atoms with Crippen molar-refractivity contribution < 1.29 is 27.1 Å². The minimum atomic E-state index is -0.323. The Hall–Kier alpha value is -14.6. The Morgan fingerprint density at radius 3 is 1.07 bits per heavy atom. The van der Waals surface area contributed by atoms with Crippen molar-refractivity contribution in [3.8, 4) is 34.1 Å². The summed E-state index contributed by atoms with van der Waals surface area (Å²) >= 11 is 0. The summed E-state index contributed by atoms with van der Waals surface area (Å²) in [6.45, 7) is 1.59. The summed E-state index contributed by atoms with van der Waals surface area (Å²) in [5, 5.41) is 8.16. The number of hydrogen-bond donors (Lipinski definition) is 0. The van der Waals surface area contributed by atoms with Crippen LogP contribution in [0.4, 0.5) is 85.3 Å². The molecule has 0 bridgehead atoms. The van der Waals surface area contributed by atoms with Crippen LogP contribution >= 0.6 is 0 Å². The smallest absolute Gasteiger partial charge is 0.262 e. The maximum Gasteiger partial charge on any atom is 0.262 e. The summed E-state index contributed by atoms with van der Waals surface area (Å²) in [5.74, 6) is 2.92. The second-order valence-electron chi connectivity index (χ2n) is 29.7. The van der Waals surface area contributed by atoms with Crippen LogP contribution in [-0.4, -0.2) is 13.4 Å². The highest BCUT2D eigenvalue weighted by molar-refractivity contribution is 7.03. The molecule has 0 unspecified atom stereocenters. The predicted octanol–water partition coefficient (Wildman–Crippen LogP) is 23.1. The van der Waals surface area contributed by atoms with E-state index in [4.69, 9.17) is 27.1 Å². The molecule has 0 saturated heterocycles. The quantitative estimate of drug-likeness (QED) is 0.136. The zero-order chi connectivity index (χ0) is 71.5. The molecule has 0 amide bonds. The number of nitrogens with zero attached hydrogens (tertiary/aromatic N) is 5. The molecule has 11 nitrogen and oxygen atoms in total. The van der Waals surface area contributed by atoms with Crippen molar-refractivity contribution in [2.24, 2.45) is 0 Å². The molecule has 510 valence electrons. The lowest BCUT2D eigenvalue weighted by Crippen LogP contribution is -2.63. The summed E-state index contributed by atoms with van der Waals surface area (Å²) in [6.07, 6.45) is 0. The van der Waals surface area contributed by atoms with Gasteiger partial charge in [0.15, 0.2) is 0 Å². The average molecular weight is 1410 g/mol. The first-order valence-electron chi connectivity index (χ1n) is 37.5. The minimum Gasteiger partial charge on any atom is -0.458 e. The van der Waals surface area contributed by atoms with Gasteiger partial charge in [0.05, 0.1) is 55.5 Å². The summed E-state index contributed by atoms with van der Waals surface area (Å²) in [6, 6.07) is 113. The molecule has 4 aromatic heterocycles. The van der Waals surface area contributed by atoms with Gasteiger partial charge in [0.2, 0.25) is 0 Å². The van der Waals surface area contributed by atoms with Crippen molar-refractivity contribution in [1.29, 1.82) is 0 Å². The van der Waals surface area contributed by atoms with Crippen LogP contribution in [-0.2, 0) is 0 Å². The molecule has 6 aliphatic heterocycles. The lowest BCUT2D eigenvalue weighted by molar-refractivity contribution is 0.486. The third-order valence-electron chi connectivity index (χ3n) is 23.9. The van der Waals surface area contributed by atoms with E-state index in [0.29, 0.717) is 0 Å². The van der Waals surface area contributed by atoms with E-state index in [9.17, 15) is 0 Å². The average Bonchev–Trinajstić information content (AvgIpc) is 0.942. The van der Waals surface area contributed by atoms with Gasteiger partial charge in [-0.2, -0.15) is 0 Å². The van der Waals surface area contributed by atoms with E-state index < -0.39 is 0 Å². The van der Waals surface area contributed by atoms with Crippen LogP contribution in [0, 0.1) is 6.92 Å². The topological polar surface area (TPSA) is 87.2 Å². The first-order chi connectivity index (χ1) is 54.5. The maximum atomic E-state index is 8.07. The molecule has 16 aromatic carbocycles. The predicted molar refractivity (Wildman–Crippen MR) is 449 cm³/mol. The fourth-order valence-electron chi connectivity index (χ4n) is 19.8. The number of benzene rings is 16. The Balaban J connectivity index is 0.774. The monoisotopic (exact) mass is 1410 g/mol. The number of rotatable bonds is 8. The normalized spacial score (nSPS) is 13.7. The molecule has 110 heavy (non-hydrogen) atoms. The van der Waals surface area contributed by atoms with Gasteiger partial charge in [-0.05, 0) is 172 Å². The Morgan fingerprint density at radius 2 is 0.627 bits per heavy atom. The van der Waals surface area contributed by atoms with Crippen molar-refractivity contribution in [1.82, 2.24) is 0 Å². The highest BCUT2D eigenvalue weighted by atomic mass is 16.5. The molecule has 0 N–H and O–H groups in total. The van der Waals surface area contributed by atoms with Crippen LogP contribution in [0.3, 0.4) is 0 Å². The van der Waals surface area contributed by atoms with Gasteiger partial charge >= 0.3 is 0 Å². The molecule has 0 fully saturated rings. The molecular weight excluding hydrogens is 1350 g/mol. The Kier molecular flexibility index (Phi) is 11.4. The van der Waals surface area contributed by atoms with Gasteiger partial charge in [0.1, 0.15) is 67.7 Å². The third kappa shape index (κ3) is 7.63. The lowest BCUT2D eigenvalue weighted by atomic mass is 9.32. The van der Waals surface area contributed by atoms with E-state index in [1.165, 1.54) is 5.46 Å². The number of para-hydroxylation sites is 9. The second-order valence-corrected chi connectivity index (χ2v) is 29.7. The number of anilines is 15. The van der Waals surface area contributed by atoms with Crippen molar-refractivity contribution in [2.75, 3.05) is 24.5 Å². The first kappa shape index (κ1) is 58.7. The minimum absolute atomic E-state index is 0.311. The van der Waals surface area contributed by atoms with Gasteiger partial charge < -0.3 is 51.6 Å². The van der Waals surface area contributed by atoms with Crippen LogP contribution in [0.25, 0.3) is 98.9 Å². The lowest BCUT2D eigenvalue weighted by Gasteiger charge is -2.47. The summed E-state index contributed by atoms with van der Waals surface area (Å²) < 4.78 is 44.1. The molecule has 6 aliphatic rings. The van der Waals surface area contributed by atoms with E-state index in [1.807, 2.05) is 12.1 Å². The molecule has 26 rings (SSSR count). The van der Waals surface area contributed by atoms with Crippen LogP contribution in [0.2, 0.25) is 0 Å². The van der Waals surface area contributed by atoms with Gasteiger partial charge in [-0.15, -0.1) is 0 Å². The maximum absolute atomic E-state index is 8.07. The van der Waals surface area contributed by atoms with Gasteiger partial charge in [0.25, 0.3) is 13.4 Å². The van der Waals surface area contributed by atoms with Crippen LogP contribution in [0.15, 0.2) is 333 Å². The molecule has 0 spiro atoms. The third-order valence-corrected chi connectivity index (χ3v) is 23.9. The molecular formula is C97H55B2N5O6. The molecule has 0 saturated carbocycles. The standard InChI is InChI=1S/C97H55B2N5O6/c1-54-46-67-86-68(47-54)102(58-31-11-4-12-32-58)95-85-66-41-20-24-45-74(66)109-96(85)81(97-91(95)99(86)90-80(110-97)53-77-84(65-40-19-23-44-73(65)107-77)94(90)101(67)57-29-9-3-10-30-57)55-26-25-37-61(48-55)100(56-27-7-2-8-28-56)62-49-69-87-70(50-62)104(60-35-15-6-16-36-60)93-83-64-39-18-22-43-72(64)106-76(83)52-79-89(93)98(87)88-78(108-79)51-75-82(63-38-17-21-42-71(63)105-75)92(88)103(69)59-33-13-5-14-34-59/h2-53H,1H3. The summed E-state index contributed by atoms with van der Waals surface area (Å²) in [4.78, 5) is 12.4. The first-order valence-corrected chi connectivity index (χ1v) is 37.5. The van der Waals surface area contributed by atoms with Crippen molar-refractivity contribution >= 4 is 219 Å². The SMILES string of the molecule is Cc1cc2c3c(c1)N(c1ccccc1)c1c4c(c(-c5cccc(N(c6ccccc6)c6cc7c8c(c6)N(c6ccccc6)c6c9c(cc%10oc%11ccccc%11c6%10)Oc6cc%10oc%11ccccc%11c%10c(c6B89)N7c6ccccc6)c5)c5oc6ccccc6c15)Oc1cc5oc6ccccc6c5c(c1B34)N2c1ccccc1. The second kappa shape index (κ2) is 21.4. The molecule has 10 heterocycles. The Morgan fingerprint density at radius 1 is 0.273 bits per heavy atom. The zero-order valence-electron chi connectivity index (χ0n) is 58.9. The Bertz CT molecular complexity index is 7280. The summed E-state index contributed by atoms with van der Waals surface area (Å²) in [7, 11) is 0. The largest absolute Gasteiger partial charge is 0.458 e. The molecule has 0 aliphatic carbocycles. The van der Waals surface area contributed by atoms with E-state index in [1.54, 1.807) is 0 Å². The fraction of sp³-hybridized carbons (Fsp3) is 0.0103. The fourth-order valence-corrected chi connectivity index (χ4v) is 19.8. The number of fused-ring (bicyclic) bond motifs is 16. The van der Waals surface area contributed by atoms with E-state index in [0.717, 1.165) is 240 Å². The van der Waals surface area contributed by atoms with Gasteiger partial charge in [-0.1, -0.05) is 176 Å². The Labute approximate surface area is 629 Å². The van der Waals surface area contributed by atoms with E-state index in [-0.39, 0.29) is 13.4 Å². The van der Waals surface area contributed by atoms with Crippen LogP contribution in [0.1, 0.15) is 5.56 Å². The van der Waals surface area contributed by atoms with Crippen molar-refractivity contribution in [3.05, 3.63) is 321 Å². The van der Waals surface area contributed by atoms with Gasteiger partial charge in [-0.25, -0.2) is 0 Å². The molecule has 0 radical (unpaired) electrons. The highest BCUT2D eigenvalue weighted by Crippen LogP contribution is 2.60. The zero-order valence-corrected chi connectivity index (χ0v) is 58.9. The van der Waals surface area contributed by atoms with Crippen molar-refractivity contribution in [2.45, 2.75) is 6.92 Å². The van der Waals surface area contributed by atoms with Crippen LogP contribution < -0.4 is 66.8 Å². The molecule has 20 aromatic rings.